The average molecular weight is 381 g/mol. The Balaban J connectivity index is 1.69. The van der Waals surface area contributed by atoms with Crippen LogP contribution >= 0.6 is 0 Å². The van der Waals surface area contributed by atoms with Crippen LogP contribution in [0.15, 0.2) is 52.5 Å². The molecule has 2 N–H and O–H groups in total. The molecule has 0 saturated carbocycles. The van der Waals surface area contributed by atoms with Gasteiger partial charge in [-0.3, -0.25) is 4.98 Å². The highest BCUT2D eigenvalue weighted by Crippen LogP contribution is 2.38. The Morgan fingerprint density at radius 1 is 1.11 bits per heavy atom. The van der Waals surface area contributed by atoms with E-state index in [0.29, 0.717) is 23.4 Å². The summed E-state index contributed by atoms with van der Waals surface area (Å²) in [5, 5.41) is 3.29. The zero-order valence-electron chi connectivity index (χ0n) is 14.7. The van der Waals surface area contributed by atoms with Crippen molar-refractivity contribution in [2.24, 2.45) is 0 Å². The van der Waals surface area contributed by atoms with Crippen molar-refractivity contribution >= 4 is 26.4 Å². The molecule has 0 atom stereocenters. The summed E-state index contributed by atoms with van der Waals surface area (Å²) in [6.07, 6.45) is 7.19. The number of nitrogens with one attached hydrogen (secondary N) is 2. The molecule has 7 heteroatoms. The molecule has 2 aliphatic heterocycles. The van der Waals surface area contributed by atoms with Gasteiger partial charge in [0.25, 0.3) is 0 Å². The lowest BCUT2D eigenvalue weighted by Gasteiger charge is -2.13. The first-order chi connectivity index (χ1) is 13.2. The van der Waals surface area contributed by atoms with E-state index >= 15 is 0 Å². The zero-order chi connectivity index (χ0) is 18.4. The van der Waals surface area contributed by atoms with Crippen molar-refractivity contribution < 1.29 is 13.2 Å². The molecule has 0 fully saturated rings. The minimum atomic E-state index is -3.74. The van der Waals surface area contributed by atoms with Gasteiger partial charge in [0.05, 0.1) is 22.5 Å². The first-order valence-electron chi connectivity index (χ1n) is 9.02. The number of pyridine rings is 1. The standard InChI is InChI=1S/C20H19N3O3S/c24-27(25,17-3-1-2-14-7-11-26-20(14)17)16-6-10-22-18-15(12-23-19(16)18)13-4-8-21-9-5-13/h1-4,6,10,12,21,23H,5,7-9,11H2. The highest BCUT2D eigenvalue weighted by Gasteiger charge is 2.29. The minimum absolute atomic E-state index is 0.224. The van der Waals surface area contributed by atoms with Gasteiger partial charge in [-0.05, 0) is 36.2 Å². The molecular weight excluding hydrogens is 362 g/mol. The molecule has 0 spiro atoms. The SMILES string of the molecule is O=S(=O)(c1cccc2c1OCC2)c1ccnc2c(C3=CCNCC3)c[nH]c12. The average Bonchev–Trinajstić information content (AvgIpc) is 3.35. The van der Waals surface area contributed by atoms with Gasteiger partial charge in [-0.15, -0.1) is 0 Å². The lowest BCUT2D eigenvalue weighted by atomic mass is 10.0. The van der Waals surface area contributed by atoms with Crippen LogP contribution in [0.1, 0.15) is 17.5 Å². The predicted molar refractivity (Wildman–Crippen MR) is 103 cm³/mol. The number of fused-ring (bicyclic) bond motifs is 2. The Morgan fingerprint density at radius 3 is 2.89 bits per heavy atom. The van der Waals surface area contributed by atoms with Crippen molar-refractivity contribution in [2.75, 3.05) is 19.7 Å². The van der Waals surface area contributed by atoms with Crippen molar-refractivity contribution in [1.29, 1.82) is 0 Å². The Morgan fingerprint density at radius 2 is 2.04 bits per heavy atom. The second-order valence-corrected chi connectivity index (χ2v) is 8.65. The fourth-order valence-corrected chi connectivity index (χ4v) is 5.44. The smallest absolute Gasteiger partial charge is 0.212 e. The molecule has 0 saturated heterocycles. The highest BCUT2D eigenvalue weighted by atomic mass is 32.2. The van der Waals surface area contributed by atoms with Gasteiger partial charge in [0.2, 0.25) is 9.84 Å². The summed E-state index contributed by atoms with van der Waals surface area (Å²) in [6.45, 7) is 2.24. The first kappa shape index (κ1) is 16.5. The number of rotatable bonds is 3. The number of nitrogens with zero attached hydrogens (tertiary/aromatic N) is 1. The quantitative estimate of drug-likeness (QED) is 0.729. The Kier molecular flexibility index (Phi) is 3.80. The highest BCUT2D eigenvalue weighted by molar-refractivity contribution is 7.91. The summed E-state index contributed by atoms with van der Waals surface area (Å²) >= 11 is 0. The summed E-state index contributed by atoms with van der Waals surface area (Å²) in [4.78, 5) is 8.08. The molecule has 27 heavy (non-hydrogen) atoms. The van der Waals surface area contributed by atoms with E-state index in [0.717, 1.165) is 37.1 Å². The number of ether oxygens (including phenoxy) is 1. The van der Waals surface area contributed by atoms with Gasteiger partial charge in [-0.25, -0.2) is 8.42 Å². The van der Waals surface area contributed by atoms with Crippen LogP contribution in [0, 0.1) is 0 Å². The lowest BCUT2D eigenvalue weighted by Crippen LogP contribution is -2.19. The van der Waals surface area contributed by atoms with Crippen LogP contribution < -0.4 is 10.1 Å². The number of para-hydroxylation sites is 1. The fraction of sp³-hybridized carbons (Fsp3) is 0.250. The van der Waals surface area contributed by atoms with Gasteiger partial charge >= 0.3 is 0 Å². The summed E-state index contributed by atoms with van der Waals surface area (Å²) in [5.74, 6) is 0.482. The van der Waals surface area contributed by atoms with E-state index in [1.165, 1.54) is 5.57 Å². The van der Waals surface area contributed by atoms with Crippen molar-refractivity contribution in [3.63, 3.8) is 0 Å². The number of hydrogen-bond acceptors (Lipinski definition) is 5. The fourth-order valence-electron chi connectivity index (χ4n) is 3.85. The van der Waals surface area contributed by atoms with Crippen LogP contribution in [0.5, 0.6) is 5.75 Å². The number of sulfone groups is 1. The van der Waals surface area contributed by atoms with Gasteiger partial charge in [0.1, 0.15) is 10.6 Å². The number of H-pyrrole nitrogens is 1. The molecule has 0 bridgehead atoms. The molecule has 5 rings (SSSR count). The van der Waals surface area contributed by atoms with E-state index < -0.39 is 9.84 Å². The van der Waals surface area contributed by atoms with Crippen molar-refractivity contribution in [1.82, 2.24) is 15.3 Å². The topological polar surface area (TPSA) is 84.1 Å². The Bertz CT molecular complexity index is 1180. The van der Waals surface area contributed by atoms with Gasteiger partial charge in [0, 0.05) is 30.9 Å². The monoisotopic (exact) mass is 381 g/mol. The van der Waals surface area contributed by atoms with Gasteiger partial charge in [-0.1, -0.05) is 18.2 Å². The molecular formula is C20H19N3O3S. The maximum atomic E-state index is 13.4. The summed E-state index contributed by atoms with van der Waals surface area (Å²) in [7, 11) is -3.74. The van der Waals surface area contributed by atoms with Crippen LogP contribution in [0.25, 0.3) is 16.6 Å². The molecule has 2 aliphatic rings. The third-order valence-electron chi connectivity index (χ3n) is 5.20. The van der Waals surface area contributed by atoms with Crippen LogP contribution in [0.4, 0.5) is 0 Å². The predicted octanol–water partition coefficient (Wildman–Crippen LogP) is 2.71. The largest absolute Gasteiger partial charge is 0.492 e. The normalized spacial score (nSPS) is 16.8. The van der Waals surface area contributed by atoms with Gasteiger partial charge in [-0.2, -0.15) is 0 Å². The molecule has 1 aromatic carbocycles. The van der Waals surface area contributed by atoms with Crippen LogP contribution in [-0.4, -0.2) is 38.1 Å². The van der Waals surface area contributed by atoms with Crippen molar-refractivity contribution in [2.45, 2.75) is 22.6 Å². The molecule has 138 valence electrons. The Labute approximate surface area is 157 Å². The van der Waals surface area contributed by atoms with E-state index in [1.54, 1.807) is 24.4 Å². The van der Waals surface area contributed by atoms with E-state index in [9.17, 15) is 8.42 Å². The second kappa shape index (κ2) is 6.21. The van der Waals surface area contributed by atoms with Gasteiger partial charge in [0.15, 0.2) is 0 Å². The maximum Gasteiger partial charge on any atom is 0.212 e. The number of aromatic nitrogens is 2. The number of hydrogen-bond donors (Lipinski definition) is 2. The lowest BCUT2D eigenvalue weighted by molar-refractivity contribution is 0.348. The van der Waals surface area contributed by atoms with Crippen molar-refractivity contribution in [3.05, 3.63) is 53.9 Å². The third-order valence-corrected chi connectivity index (χ3v) is 7.02. The number of benzene rings is 1. The first-order valence-corrected chi connectivity index (χ1v) is 10.5. The third kappa shape index (κ3) is 2.57. The number of aromatic amines is 1. The summed E-state index contributed by atoms with van der Waals surface area (Å²) in [6, 6.07) is 6.87. The van der Waals surface area contributed by atoms with Crippen molar-refractivity contribution in [3.8, 4) is 5.75 Å². The van der Waals surface area contributed by atoms with Crippen LogP contribution in [-0.2, 0) is 16.3 Å². The maximum absolute atomic E-state index is 13.4. The van der Waals surface area contributed by atoms with E-state index in [4.69, 9.17) is 4.74 Å². The molecule has 2 aromatic heterocycles. The molecule has 0 unspecified atom stereocenters. The molecule has 6 nitrogen and oxygen atoms in total. The molecule has 0 amide bonds. The zero-order valence-corrected chi connectivity index (χ0v) is 15.5. The van der Waals surface area contributed by atoms with Gasteiger partial charge < -0.3 is 15.0 Å². The minimum Gasteiger partial charge on any atom is -0.492 e. The Hall–Kier alpha value is -2.64. The van der Waals surface area contributed by atoms with Crippen LogP contribution in [0.3, 0.4) is 0 Å². The van der Waals surface area contributed by atoms with E-state index in [-0.39, 0.29) is 9.79 Å². The van der Waals surface area contributed by atoms with E-state index in [1.807, 2.05) is 12.3 Å². The molecule has 4 heterocycles. The summed E-state index contributed by atoms with van der Waals surface area (Å²) in [5.41, 5.74) is 4.33. The molecule has 0 aliphatic carbocycles. The summed E-state index contributed by atoms with van der Waals surface area (Å²) < 4.78 is 32.5. The van der Waals surface area contributed by atoms with E-state index in [2.05, 4.69) is 21.4 Å². The second-order valence-electron chi connectivity index (χ2n) is 6.76. The molecule has 0 radical (unpaired) electrons. The van der Waals surface area contributed by atoms with Crippen LogP contribution in [0.2, 0.25) is 0 Å². The molecule has 3 aromatic rings.